The molecular weight excluding hydrogens is 102 g/mol. The van der Waals surface area contributed by atoms with Crippen molar-refractivity contribution in [3.63, 3.8) is 0 Å². The Labute approximate surface area is 48.9 Å². The first kappa shape index (κ1) is 7.17. The molecule has 0 radical (unpaired) electrons. The van der Waals surface area contributed by atoms with Gasteiger partial charge in [0, 0.05) is 12.4 Å². The van der Waals surface area contributed by atoms with E-state index in [1.165, 1.54) is 0 Å². The van der Waals surface area contributed by atoms with Crippen LogP contribution < -0.4 is 5.73 Å². The van der Waals surface area contributed by atoms with Crippen LogP contribution in [-0.4, -0.2) is 16.5 Å². The van der Waals surface area contributed by atoms with Gasteiger partial charge in [0.25, 0.3) is 0 Å². The number of imidazole rings is 1. The number of nitrogens with two attached hydrogens (primary N) is 1. The van der Waals surface area contributed by atoms with Crippen LogP contribution in [0.5, 0.6) is 0 Å². The standard InChI is InChI=1S/C3H4N2.C2H7N/c1-2-5-3-4-1;1-2-3/h1-3H,(H,4,5);2-3H2,1H3. The van der Waals surface area contributed by atoms with E-state index in [2.05, 4.69) is 9.97 Å². The molecule has 3 heteroatoms. The molecule has 0 bridgehead atoms. The number of nitrogens with zero attached hydrogens (tertiary/aromatic N) is 1. The van der Waals surface area contributed by atoms with Gasteiger partial charge in [0.1, 0.15) is 0 Å². The van der Waals surface area contributed by atoms with Crippen molar-refractivity contribution in [2.45, 2.75) is 6.92 Å². The summed E-state index contributed by atoms with van der Waals surface area (Å²) in [6.45, 7) is 2.65. The van der Waals surface area contributed by atoms with Gasteiger partial charge in [-0.1, -0.05) is 6.92 Å². The third-order valence-corrected chi connectivity index (χ3v) is 0.406. The summed E-state index contributed by atoms with van der Waals surface area (Å²) in [6.07, 6.45) is 5.08. The summed E-state index contributed by atoms with van der Waals surface area (Å²) in [5, 5.41) is 0. The molecule has 0 aliphatic heterocycles. The fraction of sp³-hybridized carbons (Fsp3) is 0.400. The molecule has 0 aliphatic carbocycles. The zero-order chi connectivity index (χ0) is 6.24. The summed E-state index contributed by atoms with van der Waals surface area (Å²) in [5.41, 5.74) is 4.85. The first-order valence-electron chi connectivity index (χ1n) is 2.54. The lowest BCUT2D eigenvalue weighted by Gasteiger charge is -1.53. The fourth-order valence-electron chi connectivity index (χ4n) is 0.215. The lowest BCUT2D eigenvalue weighted by Crippen LogP contribution is -1.87. The van der Waals surface area contributed by atoms with Gasteiger partial charge in [-0.05, 0) is 6.54 Å². The van der Waals surface area contributed by atoms with Crippen LogP contribution in [0.3, 0.4) is 0 Å². The second-order valence-corrected chi connectivity index (χ2v) is 1.17. The Morgan fingerprint density at radius 2 is 2.38 bits per heavy atom. The molecule has 1 aromatic rings. The van der Waals surface area contributed by atoms with Gasteiger partial charge in [0.05, 0.1) is 6.33 Å². The quantitative estimate of drug-likeness (QED) is 0.511. The van der Waals surface area contributed by atoms with Crippen LogP contribution in [0.4, 0.5) is 0 Å². The lowest BCUT2D eigenvalue weighted by atomic mass is 10.8. The number of aromatic nitrogens is 2. The highest BCUT2D eigenvalue weighted by molar-refractivity contribution is 4.64. The molecule has 0 unspecified atom stereocenters. The molecule has 3 N–H and O–H groups in total. The third kappa shape index (κ3) is 5.17. The summed E-state index contributed by atoms with van der Waals surface area (Å²) in [4.78, 5) is 6.42. The van der Waals surface area contributed by atoms with Gasteiger partial charge in [0.15, 0.2) is 0 Å². The number of aromatic amines is 1. The highest BCUT2D eigenvalue weighted by atomic mass is 14.8. The first-order valence-corrected chi connectivity index (χ1v) is 2.54. The van der Waals surface area contributed by atoms with Crippen LogP contribution in [-0.2, 0) is 0 Å². The van der Waals surface area contributed by atoms with E-state index < -0.39 is 0 Å². The zero-order valence-electron chi connectivity index (χ0n) is 4.96. The summed E-state index contributed by atoms with van der Waals surface area (Å²) in [6, 6.07) is 0. The van der Waals surface area contributed by atoms with Gasteiger partial charge in [0.2, 0.25) is 0 Å². The minimum absolute atomic E-state index is 0.750. The highest BCUT2D eigenvalue weighted by Gasteiger charge is 1.56. The van der Waals surface area contributed by atoms with Crippen LogP contribution in [0.15, 0.2) is 18.7 Å². The minimum Gasteiger partial charge on any atom is -0.351 e. The molecule has 0 atom stereocenters. The summed E-state index contributed by atoms with van der Waals surface area (Å²) in [7, 11) is 0. The van der Waals surface area contributed by atoms with E-state index in [0.717, 1.165) is 6.54 Å². The molecule has 0 saturated carbocycles. The van der Waals surface area contributed by atoms with Crippen LogP contribution in [0.2, 0.25) is 0 Å². The predicted octanol–water partition coefficient (Wildman–Crippen LogP) is 0.375. The second-order valence-electron chi connectivity index (χ2n) is 1.17. The van der Waals surface area contributed by atoms with Crippen molar-refractivity contribution >= 4 is 0 Å². The average Bonchev–Trinajstić information content (AvgIpc) is 2.17. The maximum absolute atomic E-state index is 4.85. The Bertz CT molecular complexity index is 74.6. The van der Waals surface area contributed by atoms with E-state index in [9.17, 15) is 0 Å². The average molecular weight is 113 g/mol. The fourth-order valence-corrected chi connectivity index (χ4v) is 0.215. The van der Waals surface area contributed by atoms with Crippen molar-refractivity contribution < 1.29 is 0 Å². The Morgan fingerprint density at radius 3 is 2.50 bits per heavy atom. The normalized spacial score (nSPS) is 7.25. The van der Waals surface area contributed by atoms with Crippen molar-refractivity contribution in [1.29, 1.82) is 0 Å². The molecule has 1 heterocycles. The van der Waals surface area contributed by atoms with Gasteiger partial charge < -0.3 is 10.7 Å². The first-order chi connectivity index (χ1) is 3.91. The molecule has 8 heavy (non-hydrogen) atoms. The topological polar surface area (TPSA) is 54.7 Å². The largest absolute Gasteiger partial charge is 0.351 e. The Kier molecular flexibility index (Phi) is 5.53. The van der Waals surface area contributed by atoms with Gasteiger partial charge >= 0.3 is 0 Å². The molecule has 46 valence electrons. The van der Waals surface area contributed by atoms with E-state index in [1.807, 2.05) is 6.92 Å². The van der Waals surface area contributed by atoms with Crippen molar-refractivity contribution in [2.24, 2.45) is 5.73 Å². The van der Waals surface area contributed by atoms with Crippen molar-refractivity contribution in [3.8, 4) is 0 Å². The number of hydrogen-bond acceptors (Lipinski definition) is 2. The molecule has 1 aromatic heterocycles. The monoisotopic (exact) mass is 113 g/mol. The van der Waals surface area contributed by atoms with Crippen LogP contribution in [0, 0.1) is 0 Å². The summed E-state index contributed by atoms with van der Waals surface area (Å²) >= 11 is 0. The number of hydrogen-bond donors (Lipinski definition) is 2. The predicted molar refractivity (Wildman–Crippen MR) is 33.3 cm³/mol. The molecule has 0 amide bonds. The summed E-state index contributed by atoms with van der Waals surface area (Å²) < 4.78 is 0. The van der Waals surface area contributed by atoms with E-state index in [-0.39, 0.29) is 0 Å². The molecule has 1 rings (SSSR count). The Hall–Kier alpha value is -0.830. The van der Waals surface area contributed by atoms with Gasteiger partial charge in [-0.2, -0.15) is 0 Å². The van der Waals surface area contributed by atoms with E-state index in [4.69, 9.17) is 5.73 Å². The molecule has 0 fully saturated rings. The zero-order valence-corrected chi connectivity index (χ0v) is 4.96. The van der Waals surface area contributed by atoms with Crippen molar-refractivity contribution in [3.05, 3.63) is 18.7 Å². The number of rotatable bonds is 0. The molecular formula is C5H11N3. The van der Waals surface area contributed by atoms with Crippen LogP contribution in [0.1, 0.15) is 6.92 Å². The van der Waals surface area contributed by atoms with Gasteiger partial charge in [-0.15, -0.1) is 0 Å². The molecule has 0 aromatic carbocycles. The smallest absolute Gasteiger partial charge is 0.0919 e. The maximum atomic E-state index is 4.85. The van der Waals surface area contributed by atoms with Crippen molar-refractivity contribution in [2.75, 3.05) is 6.54 Å². The third-order valence-electron chi connectivity index (χ3n) is 0.406. The van der Waals surface area contributed by atoms with Crippen LogP contribution in [0.25, 0.3) is 0 Å². The van der Waals surface area contributed by atoms with Crippen LogP contribution >= 0.6 is 0 Å². The Morgan fingerprint density at radius 1 is 1.75 bits per heavy atom. The highest BCUT2D eigenvalue weighted by Crippen LogP contribution is 1.62. The molecule has 0 spiro atoms. The second kappa shape index (κ2) is 6.17. The molecule has 0 saturated heterocycles. The van der Waals surface area contributed by atoms with E-state index in [1.54, 1.807) is 18.7 Å². The van der Waals surface area contributed by atoms with E-state index in [0.29, 0.717) is 0 Å². The summed E-state index contributed by atoms with van der Waals surface area (Å²) in [5.74, 6) is 0. The van der Waals surface area contributed by atoms with Crippen molar-refractivity contribution in [1.82, 2.24) is 9.97 Å². The Balaban J connectivity index is 0.000000145. The molecule has 0 aliphatic rings. The minimum atomic E-state index is 0.750. The SMILES string of the molecule is CCN.c1c[nH]cn1. The maximum Gasteiger partial charge on any atom is 0.0919 e. The lowest BCUT2D eigenvalue weighted by molar-refractivity contribution is 1.14. The number of H-pyrrole nitrogens is 1. The van der Waals surface area contributed by atoms with Gasteiger partial charge in [-0.3, -0.25) is 0 Å². The van der Waals surface area contributed by atoms with Gasteiger partial charge in [-0.25, -0.2) is 4.98 Å². The van der Waals surface area contributed by atoms with E-state index >= 15 is 0 Å². The molecule has 3 nitrogen and oxygen atoms in total. The number of nitrogens with one attached hydrogen (secondary N) is 1.